The van der Waals surface area contributed by atoms with E-state index in [0.29, 0.717) is 5.52 Å². The number of nitrogens with one attached hydrogen (secondary N) is 1. The molecule has 0 bridgehead atoms. The quantitative estimate of drug-likeness (QED) is 0.363. The van der Waals surface area contributed by atoms with E-state index in [4.69, 9.17) is 0 Å². The number of non-ortho nitro benzene ring substituents is 1. The summed E-state index contributed by atoms with van der Waals surface area (Å²) in [5.41, 5.74) is -0.377. The molecule has 0 saturated carbocycles. The molecule has 0 radical (unpaired) electrons. The lowest BCUT2D eigenvalue weighted by Crippen LogP contribution is -2.42. The van der Waals surface area contributed by atoms with Gasteiger partial charge in [0.15, 0.2) is 0 Å². The Hall–Kier alpha value is -4.53. The van der Waals surface area contributed by atoms with Gasteiger partial charge in [0.1, 0.15) is 6.54 Å². The van der Waals surface area contributed by atoms with Crippen LogP contribution >= 0.6 is 0 Å². The van der Waals surface area contributed by atoms with Gasteiger partial charge in [-0.25, -0.2) is 9.36 Å². The number of amides is 1. The molecule has 4 rings (SSSR count). The Balaban J connectivity index is 1.79. The fraction of sp³-hybridized carbons (Fsp3) is 0.125. The van der Waals surface area contributed by atoms with E-state index in [0.717, 1.165) is 16.2 Å². The van der Waals surface area contributed by atoms with Crippen LogP contribution in [0, 0.1) is 10.1 Å². The van der Waals surface area contributed by atoms with Gasteiger partial charge in [-0.15, -0.1) is 0 Å². The second kappa shape index (κ2) is 8.91. The number of nitro benzene ring substituents is 1. The number of rotatable bonds is 6. The molecule has 1 aromatic heterocycles. The van der Waals surface area contributed by atoms with E-state index in [1.54, 1.807) is 24.3 Å². The monoisotopic (exact) mass is 444 g/mol. The summed E-state index contributed by atoms with van der Waals surface area (Å²) in [4.78, 5) is 49.9. The van der Waals surface area contributed by atoms with Crippen molar-refractivity contribution in [2.45, 2.75) is 19.5 Å². The molecule has 1 heterocycles. The van der Waals surface area contributed by atoms with E-state index in [1.165, 1.54) is 22.8 Å². The van der Waals surface area contributed by atoms with Crippen LogP contribution in [-0.4, -0.2) is 20.0 Å². The first-order valence-electron chi connectivity index (χ1n) is 10.2. The minimum absolute atomic E-state index is 0.0526. The third-order valence-corrected chi connectivity index (χ3v) is 5.33. The number of hydrogen-bond donors (Lipinski definition) is 1. The maximum absolute atomic E-state index is 13.4. The Labute approximate surface area is 187 Å². The van der Waals surface area contributed by atoms with Gasteiger partial charge in [0.05, 0.1) is 27.6 Å². The van der Waals surface area contributed by atoms with Crippen molar-refractivity contribution in [2.75, 3.05) is 0 Å². The zero-order valence-corrected chi connectivity index (χ0v) is 17.7. The summed E-state index contributed by atoms with van der Waals surface area (Å²) >= 11 is 0. The number of aromatic nitrogens is 2. The lowest BCUT2D eigenvalue weighted by atomic mass is 10.1. The first kappa shape index (κ1) is 21.7. The van der Waals surface area contributed by atoms with Gasteiger partial charge in [-0.3, -0.25) is 24.3 Å². The van der Waals surface area contributed by atoms with Crippen LogP contribution in [0.3, 0.4) is 0 Å². The summed E-state index contributed by atoms with van der Waals surface area (Å²) in [5, 5.41) is 14.3. The molecule has 4 aromatic rings. The zero-order valence-electron chi connectivity index (χ0n) is 17.7. The number of carbonyl (C=O) groups is 1. The molecule has 1 unspecified atom stereocenters. The largest absolute Gasteiger partial charge is 0.348 e. The number of para-hydroxylation sites is 1. The number of fused-ring (bicyclic) bond motifs is 1. The molecule has 1 N–H and O–H groups in total. The minimum atomic E-state index is -0.762. The molecule has 9 heteroatoms. The van der Waals surface area contributed by atoms with Crippen LogP contribution in [0.4, 0.5) is 5.69 Å². The molecule has 0 saturated heterocycles. The molecule has 9 nitrogen and oxygen atoms in total. The lowest BCUT2D eigenvalue weighted by molar-refractivity contribution is -0.384. The van der Waals surface area contributed by atoms with Crippen LogP contribution < -0.4 is 16.6 Å². The normalized spacial score (nSPS) is 11.8. The summed E-state index contributed by atoms with van der Waals surface area (Å²) in [6, 6.07) is 20.8. The van der Waals surface area contributed by atoms with E-state index in [1.807, 2.05) is 37.3 Å². The molecule has 0 fully saturated rings. The van der Waals surface area contributed by atoms with Crippen LogP contribution in [0.5, 0.6) is 0 Å². The topological polar surface area (TPSA) is 116 Å². The van der Waals surface area contributed by atoms with Crippen LogP contribution in [0.1, 0.15) is 18.5 Å². The predicted molar refractivity (Wildman–Crippen MR) is 123 cm³/mol. The van der Waals surface area contributed by atoms with Crippen molar-refractivity contribution >= 4 is 22.5 Å². The molecular weight excluding hydrogens is 424 g/mol. The molecular formula is C24H20N4O5. The molecule has 1 amide bonds. The molecule has 166 valence electrons. The maximum atomic E-state index is 13.4. The molecule has 33 heavy (non-hydrogen) atoms. The molecule has 0 aliphatic heterocycles. The number of benzene rings is 3. The van der Waals surface area contributed by atoms with Crippen molar-refractivity contribution in [1.29, 1.82) is 0 Å². The highest BCUT2D eigenvalue weighted by molar-refractivity contribution is 5.82. The predicted octanol–water partition coefficient (Wildman–Crippen LogP) is 2.94. The van der Waals surface area contributed by atoms with Gasteiger partial charge in [-0.05, 0) is 30.7 Å². The van der Waals surface area contributed by atoms with Crippen molar-refractivity contribution in [1.82, 2.24) is 14.5 Å². The molecule has 0 aliphatic carbocycles. The maximum Gasteiger partial charge on any atom is 0.336 e. The Morgan fingerprint density at radius 1 is 1.00 bits per heavy atom. The molecule has 0 aliphatic rings. The summed E-state index contributed by atoms with van der Waals surface area (Å²) in [6.07, 6.45) is 0. The second-order valence-electron chi connectivity index (χ2n) is 7.50. The average molecular weight is 444 g/mol. The van der Waals surface area contributed by atoms with Crippen LogP contribution in [0.25, 0.3) is 16.6 Å². The van der Waals surface area contributed by atoms with Gasteiger partial charge in [-0.1, -0.05) is 48.5 Å². The zero-order chi connectivity index (χ0) is 23.5. The fourth-order valence-electron chi connectivity index (χ4n) is 3.70. The smallest absolute Gasteiger partial charge is 0.336 e. The Kier molecular flexibility index (Phi) is 5.86. The van der Waals surface area contributed by atoms with E-state index in [9.17, 15) is 24.5 Å². The average Bonchev–Trinajstić information content (AvgIpc) is 2.82. The van der Waals surface area contributed by atoms with Gasteiger partial charge in [0, 0.05) is 12.1 Å². The molecule has 1 atom stereocenters. The third kappa shape index (κ3) is 4.29. The number of nitrogens with zero attached hydrogens (tertiary/aromatic N) is 3. The molecule has 3 aromatic carbocycles. The SMILES string of the molecule is CC(NC(=O)Cn1c(=O)n(-c2cccc([N+](=O)[O-])c2)c(=O)c2ccccc21)c1ccccc1. The standard InChI is InChI=1S/C24H20N4O5/c1-16(17-8-3-2-4-9-17)25-22(29)15-26-21-13-6-5-12-20(21)23(30)27(24(26)31)18-10-7-11-19(14-18)28(32)33/h2-14,16H,15H2,1H3,(H,25,29). The Morgan fingerprint density at radius 3 is 2.42 bits per heavy atom. The summed E-state index contributed by atoms with van der Waals surface area (Å²) in [6.45, 7) is 1.50. The first-order valence-corrected chi connectivity index (χ1v) is 10.2. The van der Waals surface area contributed by atoms with Crippen LogP contribution in [0.2, 0.25) is 0 Å². The lowest BCUT2D eigenvalue weighted by Gasteiger charge is -2.17. The van der Waals surface area contributed by atoms with E-state index >= 15 is 0 Å². The van der Waals surface area contributed by atoms with Crippen molar-refractivity contribution in [3.05, 3.63) is 115 Å². The highest BCUT2D eigenvalue weighted by atomic mass is 16.6. The highest BCUT2D eigenvalue weighted by Gasteiger charge is 2.19. The van der Waals surface area contributed by atoms with Crippen LogP contribution in [-0.2, 0) is 11.3 Å². The Bertz CT molecular complexity index is 1470. The summed E-state index contributed by atoms with van der Waals surface area (Å²) in [5.74, 6) is -0.414. The van der Waals surface area contributed by atoms with E-state index in [-0.39, 0.29) is 29.3 Å². The van der Waals surface area contributed by atoms with Gasteiger partial charge < -0.3 is 5.32 Å². The van der Waals surface area contributed by atoms with Crippen molar-refractivity contribution in [2.24, 2.45) is 0 Å². The van der Waals surface area contributed by atoms with Crippen LogP contribution in [0.15, 0.2) is 88.5 Å². The fourth-order valence-corrected chi connectivity index (χ4v) is 3.70. The van der Waals surface area contributed by atoms with Gasteiger partial charge in [-0.2, -0.15) is 0 Å². The Morgan fingerprint density at radius 2 is 1.70 bits per heavy atom. The minimum Gasteiger partial charge on any atom is -0.348 e. The number of nitro groups is 1. The van der Waals surface area contributed by atoms with Crippen molar-refractivity contribution in [3.63, 3.8) is 0 Å². The second-order valence-corrected chi connectivity index (χ2v) is 7.50. The van der Waals surface area contributed by atoms with E-state index < -0.39 is 22.1 Å². The number of hydrogen-bond acceptors (Lipinski definition) is 5. The summed E-state index contributed by atoms with van der Waals surface area (Å²) in [7, 11) is 0. The van der Waals surface area contributed by atoms with Gasteiger partial charge in [0.25, 0.3) is 11.2 Å². The van der Waals surface area contributed by atoms with E-state index in [2.05, 4.69) is 5.32 Å². The van der Waals surface area contributed by atoms with Gasteiger partial charge >= 0.3 is 5.69 Å². The summed E-state index contributed by atoms with van der Waals surface area (Å²) < 4.78 is 2.05. The first-order chi connectivity index (χ1) is 15.9. The number of carbonyl (C=O) groups excluding carboxylic acids is 1. The van der Waals surface area contributed by atoms with Crippen molar-refractivity contribution in [3.8, 4) is 5.69 Å². The highest BCUT2D eigenvalue weighted by Crippen LogP contribution is 2.16. The van der Waals surface area contributed by atoms with Gasteiger partial charge in [0.2, 0.25) is 5.91 Å². The third-order valence-electron chi connectivity index (χ3n) is 5.33. The molecule has 0 spiro atoms. The van der Waals surface area contributed by atoms with Crippen molar-refractivity contribution < 1.29 is 9.72 Å².